The second kappa shape index (κ2) is 6.49. The van der Waals surface area contributed by atoms with Crippen molar-refractivity contribution in [2.45, 2.75) is 19.9 Å². The van der Waals surface area contributed by atoms with E-state index in [1.54, 1.807) is 11.6 Å². The van der Waals surface area contributed by atoms with Gasteiger partial charge in [0.15, 0.2) is 5.13 Å². The van der Waals surface area contributed by atoms with Crippen LogP contribution < -0.4 is 10.9 Å². The average molecular weight is 364 g/mol. The Hall–Kier alpha value is -2.59. The molecule has 0 atom stereocenters. The summed E-state index contributed by atoms with van der Waals surface area (Å²) in [6.07, 6.45) is 2.00. The number of rotatable bonds is 5. The van der Waals surface area contributed by atoms with E-state index in [1.807, 2.05) is 6.92 Å². The number of aromatic carboxylic acids is 1. The molecule has 3 rings (SSSR count). The van der Waals surface area contributed by atoms with E-state index >= 15 is 0 Å². The minimum absolute atomic E-state index is 0.0340. The maximum atomic E-state index is 12.7. The number of hydrogen-bond donors (Lipinski definition) is 2. The molecule has 24 heavy (non-hydrogen) atoms. The zero-order valence-corrected chi connectivity index (χ0v) is 14.1. The van der Waals surface area contributed by atoms with Crippen molar-refractivity contribution in [2.75, 3.05) is 5.32 Å². The van der Waals surface area contributed by atoms with Gasteiger partial charge in [0, 0.05) is 23.4 Å². The van der Waals surface area contributed by atoms with Crippen LogP contribution in [0, 0.1) is 0 Å². The van der Waals surface area contributed by atoms with E-state index < -0.39 is 17.4 Å². The van der Waals surface area contributed by atoms with Crippen molar-refractivity contribution < 1.29 is 14.7 Å². The van der Waals surface area contributed by atoms with Crippen LogP contribution in [0.15, 0.2) is 21.8 Å². The molecule has 2 N–H and O–H groups in total. The van der Waals surface area contributed by atoms with Gasteiger partial charge in [0.05, 0.1) is 10.9 Å². The van der Waals surface area contributed by atoms with Crippen molar-refractivity contribution in [1.82, 2.24) is 14.5 Å². The van der Waals surface area contributed by atoms with Gasteiger partial charge in [-0.15, -0.1) is 22.7 Å². The van der Waals surface area contributed by atoms with Crippen LogP contribution in [0.1, 0.15) is 23.1 Å². The predicted molar refractivity (Wildman–Crippen MR) is 91.0 cm³/mol. The molecule has 1 amide bonds. The maximum absolute atomic E-state index is 12.7. The normalized spacial score (nSPS) is 10.9. The fourth-order valence-electron chi connectivity index (χ4n) is 2.24. The number of thiophene rings is 1. The molecule has 0 aromatic carbocycles. The molecular weight excluding hydrogens is 352 g/mol. The molecule has 3 aromatic heterocycles. The third-order valence-electron chi connectivity index (χ3n) is 3.30. The number of hydrogen-bond acceptors (Lipinski definition) is 7. The van der Waals surface area contributed by atoms with Crippen LogP contribution in [0.3, 0.4) is 0 Å². The largest absolute Gasteiger partial charge is 0.478 e. The number of aromatic nitrogens is 3. The lowest BCUT2D eigenvalue weighted by atomic mass is 10.2. The number of fused-ring (bicyclic) bond motifs is 1. The van der Waals surface area contributed by atoms with E-state index in [4.69, 9.17) is 0 Å². The lowest BCUT2D eigenvalue weighted by Crippen LogP contribution is -2.31. The van der Waals surface area contributed by atoms with Gasteiger partial charge in [-0.2, -0.15) is 0 Å². The summed E-state index contributed by atoms with van der Waals surface area (Å²) >= 11 is 2.37. The highest BCUT2D eigenvalue weighted by molar-refractivity contribution is 7.17. The summed E-state index contributed by atoms with van der Waals surface area (Å²) in [6.45, 7) is 1.56. The van der Waals surface area contributed by atoms with Gasteiger partial charge < -0.3 is 10.4 Å². The highest BCUT2D eigenvalue weighted by Gasteiger charge is 2.20. The number of thiazole rings is 1. The van der Waals surface area contributed by atoms with E-state index in [1.165, 1.54) is 21.3 Å². The Balaban J connectivity index is 2.03. The van der Waals surface area contributed by atoms with E-state index in [0.717, 1.165) is 11.3 Å². The van der Waals surface area contributed by atoms with Crippen LogP contribution in [0.5, 0.6) is 0 Å². The molecule has 0 fully saturated rings. The van der Waals surface area contributed by atoms with Crippen LogP contribution >= 0.6 is 22.7 Å². The van der Waals surface area contributed by atoms with E-state index in [2.05, 4.69) is 15.3 Å². The zero-order valence-electron chi connectivity index (χ0n) is 12.5. The van der Waals surface area contributed by atoms with Gasteiger partial charge in [-0.3, -0.25) is 14.2 Å². The molecule has 0 unspecified atom stereocenters. The Bertz CT molecular complexity index is 975. The molecule has 0 aliphatic carbocycles. The molecule has 10 heteroatoms. The standard InChI is InChI=1S/C14H12N4O4S2/c1-2-8-16-11-10(7(6-24-11)13(21)22)12(20)18(8)5-9(19)17-14-15-3-4-23-14/h3-4,6H,2,5H2,1H3,(H,21,22)(H,15,17,19). The molecule has 0 saturated carbocycles. The van der Waals surface area contributed by atoms with Gasteiger partial charge in [0.1, 0.15) is 17.2 Å². The molecule has 3 aromatic rings. The minimum atomic E-state index is -1.19. The molecule has 3 heterocycles. The van der Waals surface area contributed by atoms with Gasteiger partial charge in [-0.25, -0.2) is 14.8 Å². The van der Waals surface area contributed by atoms with Crippen LogP contribution in [0.25, 0.3) is 10.2 Å². The molecule has 124 valence electrons. The van der Waals surface area contributed by atoms with Crippen molar-refractivity contribution >= 4 is 49.9 Å². The summed E-state index contributed by atoms with van der Waals surface area (Å²) in [7, 11) is 0. The van der Waals surface area contributed by atoms with Gasteiger partial charge in [0.25, 0.3) is 5.56 Å². The predicted octanol–water partition coefficient (Wildman–Crippen LogP) is 1.81. The van der Waals surface area contributed by atoms with Crippen LogP contribution in [0.4, 0.5) is 5.13 Å². The molecule has 0 saturated heterocycles. The summed E-state index contributed by atoms with van der Waals surface area (Å²) in [5.41, 5.74) is -0.617. The lowest BCUT2D eigenvalue weighted by molar-refractivity contribution is -0.116. The summed E-state index contributed by atoms with van der Waals surface area (Å²) in [5.74, 6) is -1.18. The Kier molecular flexibility index (Phi) is 4.40. The minimum Gasteiger partial charge on any atom is -0.478 e. The number of nitrogens with one attached hydrogen (secondary N) is 1. The fourth-order valence-corrected chi connectivity index (χ4v) is 3.71. The second-order valence-electron chi connectivity index (χ2n) is 4.79. The highest BCUT2D eigenvalue weighted by atomic mass is 32.1. The second-order valence-corrected chi connectivity index (χ2v) is 6.55. The first-order chi connectivity index (χ1) is 11.5. The Morgan fingerprint density at radius 1 is 1.38 bits per heavy atom. The average Bonchev–Trinajstić information content (AvgIpc) is 3.19. The van der Waals surface area contributed by atoms with Gasteiger partial charge >= 0.3 is 5.97 Å². The van der Waals surface area contributed by atoms with Crippen molar-refractivity contribution in [2.24, 2.45) is 0 Å². The Labute approximate surface area is 143 Å². The first-order valence-corrected chi connectivity index (χ1v) is 8.70. The van der Waals surface area contributed by atoms with E-state index in [-0.39, 0.29) is 17.5 Å². The van der Waals surface area contributed by atoms with E-state index in [9.17, 15) is 19.5 Å². The number of amides is 1. The van der Waals surface area contributed by atoms with Crippen molar-refractivity contribution in [1.29, 1.82) is 0 Å². The Morgan fingerprint density at radius 3 is 2.79 bits per heavy atom. The molecule has 0 aliphatic heterocycles. The lowest BCUT2D eigenvalue weighted by Gasteiger charge is -2.10. The van der Waals surface area contributed by atoms with Crippen molar-refractivity contribution in [3.8, 4) is 0 Å². The summed E-state index contributed by atoms with van der Waals surface area (Å²) in [5, 5.41) is 15.4. The summed E-state index contributed by atoms with van der Waals surface area (Å²) < 4.78 is 1.21. The van der Waals surface area contributed by atoms with Gasteiger partial charge in [-0.05, 0) is 0 Å². The first-order valence-electron chi connectivity index (χ1n) is 6.94. The van der Waals surface area contributed by atoms with Gasteiger partial charge in [-0.1, -0.05) is 6.92 Å². The number of carbonyl (C=O) groups excluding carboxylic acids is 1. The maximum Gasteiger partial charge on any atom is 0.337 e. The topological polar surface area (TPSA) is 114 Å². The molecule has 0 aliphatic rings. The molecule has 0 bridgehead atoms. The fraction of sp³-hybridized carbons (Fsp3) is 0.214. The van der Waals surface area contributed by atoms with Crippen LogP contribution in [0.2, 0.25) is 0 Å². The summed E-state index contributed by atoms with van der Waals surface area (Å²) in [4.78, 5) is 44.8. The number of anilines is 1. The SMILES string of the molecule is CCc1nc2scc(C(=O)O)c2c(=O)n1CC(=O)Nc1nccs1. The monoisotopic (exact) mass is 364 g/mol. The molecule has 0 spiro atoms. The quantitative estimate of drug-likeness (QED) is 0.714. The molecule has 0 radical (unpaired) electrons. The number of aryl methyl sites for hydroxylation is 1. The summed E-state index contributed by atoms with van der Waals surface area (Å²) in [6, 6.07) is 0. The third-order valence-corrected chi connectivity index (χ3v) is 4.86. The van der Waals surface area contributed by atoms with Crippen LogP contribution in [-0.4, -0.2) is 31.5 Å². The van der Waals surface area contributed by atoms with Crippen LogP contribution in [-0.2, 0) is 17.8 Å². The number of carboxylic acid groups (broad SMARTS) is 1. The highest BCUT2D eigenvalue weighted by Crippen LogP contribution is 2.22. The van der Waals surface area contributed by atoms with Gasteiger partial charge in [0.2, 0.25) is 5.91 Å². The zero-order chi connectivity index (χ0) is 17.3. The number of carbonyl (C=O) groups is 2. The third kappa shape index (κ3) is 2.93. The smallest absolute Gasteiger partial charge is 0.337 e. The van der Waals surface area contributed by atoms with Crippen molar-refractivity contribution in [3.05, 3.63) is 38.7 Å². The molecule has 8 nitrogen and oxygen atoms in total. The first kappa shape index (κ1) is 16.3. The van der Waals surface area contributed by atoms with Crippen molar-refractivity contribution in [3.63, 3.8) is 0 Å². The number of carboxylic acids is 1. The number of nitrogens with zero attached hydrogens (tertiary/aromatic N) is 3. The Morgan fingerprint density at radius 2 is 2.17 bits per heavy atom. The molecular formula is C14H12N4O4S2. The van der Waals surface area contributed by atoms with E-state index in [0.29, 0.717) is 22.2 Å².